The lowest BCUT2D eigenvalue weighted by molar-refractivity contribution is -0.384. The van der Waals surface area contributed by atoms with E-state index < -0.39 is 14.9 Å². The van der Waals surface area contributed by atoms with Gasteiger partial charge in [0.15, 0.2) is 0 Å². The van der Waals surface area contributed by atoms with E-state index in [2.05, 4.69) is 18.6 Å². The van der Waals surface area contributed by atoms with E-state index in [0.717, 1.165) is 19.3 Å². The van der Waals surface area contributed by atoms with Crippen molar-refractivity contribution in [2.75, 3.05) is 0 Å². The number of nitrogens with one attached hydrogen (secondary N) is 1. The molecule has 21 heavy (non-hydrogen) atoms. The molecule has 6 nitrogen and oxygen atoms in total. The molecule has 1 atom stereocenters. The number of benzene rings is 1. The minimum Gasteiger partial charge on any atom is -0.258 e. The van der Waals surface area contributed by atoms with Crippen LogP contribution in [0.25, 0.3) is 0 Å². The lowest BCUT2D eigenvalue weighted by Crippen LogP contribution is -2.34. The van der Waals surface area contributed by atoms with Gasteiger partial charge in [-0.3, -0.25) is 10.1 Å². The summed E-state index contributed by atoms with van der Waals surface area (Å²) in [4.78, 5) is 10.1. The van der Waals surface area contributed by atoms with Crippen LogP contribution in [0.15, 0.2) is 24.3 Å². The van der Waals surface area contributed by atoms with E-state index in [1.807, 2.05) is 0 Å². The summed E-state index contributed by atoms with van der Waals surface area (Å²) in [5.41, 5.74) is 0.688. The molecule has 0 heterocycles. The molecule has 7 heteroatoms. The van der Waals surface area contributed by atoms with Crippen LogP contribution in [-0.2, 0) is 15.8 Å². The summed E-state index contributed by atoms with van der Waals surface area (Å²) >= 11 is 0. The van der Waals surface area contributed by atoms with Gasteiger partial charge in [-0.1, -0.05) is 26.0 Å². The number of hydrogen-bond donors (Lipinski definition) is 1. The first-order valence-electron chi connectivity index (χ1n) is 6.90. The molecule has 0 radical (unpaired) electrons. The zero-order valence-electron chi connectivity index (χ0n) is 12.2. The standard InChI is InChI=1S/C14H20N2O4S/c1-14(2)8-7-12(9-14)15-21(19,20)10-11-3-5-13(6-4-11)16(17)18/h3-6,12,15H,7-10H2,1-2H3. The molecule has 0 aromatic heterocycles. The van der Waals surface area contributed by atoms with Crippen LogP contribution in [0.1, 0.15) is 38.7 Å². The quantitative estimate of drug-likeness (QED) is 0.668. The summed E-state index contributed by atoms with van der Waals surface area (Å²) in [6.45, 7) is 4.27. The van der Waals surface area contributed by atoms with E-state index >= 15 is 0 Å². The zero-order chi connectivity index (χ0) is 15.7. The van der Waals surface area contributed by atoms with Crippen LogP contribution in [0.3, 0.4) is 0 Å². The van der Waals surface area contributed by atoms with E-state index in [-0.39, 0.29) is 22.9 Å². The Hall–Kier alpha value is -1.47. The van der Waals surface area contributed by atoms with Gasteiger partial charge in [0.05, 0.1) is 10.7 Å². The summed E-state index contributed by atoms with van der Waals surface area (Å²) in [5, 5.41) is 10.6. The summed E-state index contributed by atoms with van der Waals surface area (Å²) in [7, 11) is -3.42. The summed E-state index contributed by atoms with van der Waals surface area (Å²) < 4.78 is 27.0. The molecule has 1 fully saturated rings. The fourth-order valence-electron chi connectivity index (χ4n) is 2.77. The van der Waals surface area contributed by atoms with E-state index in [4.69, 9.17) is 0 Å². The van der Waals surface area contributed by atoms with E-state index in [0.29, 0.717) is 5.56 Å². The summed E-state index contributed by atoms with van der Waals surface area (Å²) in [6, 6.07) is 5.60. The maximum atomic E-state index is 12.1. The number of nitrogens with zero attached hydrogens (tertiary/aromatic N) is 1. The van der Waals surface area contributed by atoms with Crippen molar-refractivity contribution in [2.24, 2.45) is 5.41 Å². The molecule has 0 spiro atoms. The Morgan fingerprint density at radius 3 is 2.43 bits per heavy atom. The van der Waals surface area contributed by atoms with Crippen LogP contribution >= 0.6 is 0 Å². The first-order valence-corrected chi connectivity index (χ1v) is 8.55. The topological polar surface area (TPSA) is 89.3 Å². The molecule has 0 aliphatic heterocycles. The average Bonchev–Trinajstić information content (AvgIpc) is 2.67. The van der Waals surface area contributed by atoms with Crippen molar-refractivity contribution in [2.45, 2.75) is 44.9 Å². The van der Waals surface area contributed by atoms with E-state index in [1.165, 1.54) is 24.3 Å². The van der Waals surface area contributed by atoms with Gasteiger partial charge in [-0.25, -0.2) is 13.1 Å². The van der Waals surface area contributed by atoms with Gasteiger partial charge in [-0.05, 0) is 30.2 Å². The minimum absolute atomic E-state index is 0.0111. The molecule has 1 aliphatic rings. The molecule has 0 bridgehead atoms. The molecule has 116 valence electrons. The second-order valence-corrected chi connectivity index (χ2v) is 8.16. The van der Waals surface area contributed by atoms with Crippen LogP contribution in [0.4, 0.5) is 5.69 Å². The normalized spacial score (nSPS) is 21.3. The third-order valence-electron chi connectivity index (χ3n) is 3.82. The molecule has 1 N–H and O–H groups in total. The first-order chi connectivity index (χ1) is 9.67. The van der Waals surface area contributed by atoms with Gasteiger partial charge < -0.3 is 0 Å². The van der Waals surface area contributed by atoms with Crippen molar-refractivity contribution in [1.29, 1.82) is 0 Å². The largest absolute Gasteiger partial charge is 0.269 e. The fourth-order valence-corrected chi connectivity index (χ4v) is 4.19. The van der Waals surface area contributed by atoms with Gasteiger partial charge >= 0.3 is 0 Å². The molecule has 1 aromatic carbocycles. The molecule has 1 aliphatic carbocycles. The summed E-state index contributed by atoms with van der Waals surface area (Å²) in [6.07, 6.45) is 2.71. The van der Waals surface area contributed by atoms with Crippen molar-refractivity contribution in [3.63, 3.8) is 0 Å². The molecule has 0 amide bonds. The highest BCUT2D eigenvalue weighted by atomic mass is 32.2. The van der Waals surface area contributed by atoms with Crippen LogP contribution in [0, 0.1) is 15.5 Å². The van der Waals surface area contributed by atoms with Crippen LogP contribution in [0.5, 0.6) is 0 Å². The number of non-ortho nitro benzene ring substituents is 1. The Morgan fingerprint density at radius 2 is 1.95 bits per heavy atom. The smallest absolute Gasteiger partial charge is 0.258 e. The average molecular weight is 312 g/mol. The second kappa shape index (κ2) is 5.73. The molecule has 1 saturated carbocycles. The first kappa shape index (κ1) is 15.9. The van der Waals surface area contributed by atoms with Crippen molar-refractivity contribution < 1.29 is 13.3 Å². The number of hydrogen-bond acceptors (Lipinski definition) is 4. The lowest BCUT2D eigenvalue weighted by Gasteiger charge is -2.17. The maximum Gasteiger partial charge on any atom is 0.269 e. The Balaban J connectivity index is 1.99. The number of rotatable bonds is 5. The third-order valence-corrected chi connectivity index (χ3v) is 5.22. The molecular formula is C14H20N2O4S. The summed E-state index contributed by atoms with van der Waals surface area (Å²) in [5.74, 6) is -0.151. The second-order valence-electron chi connectivity index (χ2n) is 6.40. The Labute approximate surface area is 124 Å². The highest BCUT2D eigenvalue weighted by Crippen LogP contribution is 2.37. The molecule has 2 rings (SSSR count). The van der Waals surface area contributed by atoms with Gasteiger partial charge in [-0.15, -0.1) is 0 Å². The third kappa shape index (κ3) is 4.50. The SMILES string of the molecule is CC1(C)CCC(NS(=O)(=O)Cc2ccc([N+](=O)[O-])cc2)C1. The number of nitro groups is 1. The number of nitro benzene ring substituents is 1. The van der Waals surface area contributed by atoms with Crippen molar-refractivity contribution >= 4 is 15.7 Å². The van der Waals surface area contributed by atoms with E-state index in [9.17, 15) is 18.5 Å². The van der Waals surface area contributed by atoms with Crippen molar-refractivity contribution in [1.82, 2.24) is 4.72 Å². The molecule has 0 saturated heterocycles. The Kier molecular flexibility index (Phi) is 4.34. The molecular weight excluding hydrogens is 292 g/mol. The highest BCUT2D eigenvalue weighted by Gasteiger charge is 2.33. The number of sulfonamides is 1. The van der Waals surface area contributed by atoms with Gasteiger partial charge in [-0.2, -0.15) is 0 Å². The van der Waals surface area contributed by atoms with Crippen LogP contribution in [-0.4, -0.2) is 19.4 Å². The Morgan fingerprint density at radius 1 is 1.33 bits per heavy atom. The van der Waals surface area contributed by atoms with Gasteiger partial charge in [0.25, 0.3) is 5.69 Å². The van der Waals surface area contributed by atoms with E-state index in [1.54, 1.807) is 0 Å². The molecule has 1 aromatic rings. The van der Waals surface area contributed by atoms with Gasteiger partial charge in [0.1, 0.15) is 0 Å². The minimum atomic E-state index is -3.42. The van der Waals surface area contributed by atoms with Crippen LogP contribution < -0.4 is 4.72 Å². The lowest BCUT2D eigenvalue weighted by atomic mass is 9.92. The monoisotopic (exact) mass is 312 g/mol. The highest BCUT2D eigenvalue weighted by molar-refractivity contribution is 7.88. The zero-order valence-corrected chi connectivity index (χ0v) is 13.0. The maximum absolute atomic E-state index is 12.1. The fraction of sp³-hybridized carbons (Fsp3) is 0.571. The predicted octanol–water partition coefficient (Wildman–Crippen LogP) is 2.59. The molecule has 1 unspecified atom stereocenters. The van der Waals surface area contributed by atoms with Gasteiger partial charge in [0.2, 0.25) is 10.0 Å². The van der Waals surface area contributed by atoms with Crippen LogP contribution in [0.2, 0.25) is 0 Å². The van der Waals surface area contributed by atoms with Crippen molar-refractivity contribution in [3.05, 3.63) is 39.9 Å². The Bertz CT molecular complexity index is 623. The van der Waals surface area contributed by atoms with Gasteiger partial charge in [0, 0.05) is 18.2 Å². The predicted molar refractivity (Wildman–Crippen MR) is 80.3 cm³/mol. The van der Waals surface area contributed by atoms with Crippen molar-refractivity contribution in [3.8, 4) is 0 Å².